The summed E-state index contributed by atoms with van der Waals surface area (Å²) in [6, 6.07) is 17.9. The quantitative estimate of drug-likeness (QED) is 0.793. The van der Waals surface area contributed by atoms with Gasteiger partial charge in [-0.3, -0.25) is 9.59 Å². The molecule has 1 aliphatic heterocycles. The standard InChI is InChI=1S/C20H22N2O2/c1-16-14-21(15-23)18-11-5-6-12-19(18)22(20(16)24)13-7-10-17-8-3-2-4-9-17/h2-6,8-9,11-12,15-16H,7,10,13-14H2,1H3. The predicted octanol–water partition coefficient (Wildman–Crippen LogP) is 3.26. The highest BCUT2D eigenvalue weighted by atomic mass is 16.2. The largest absolute Gasteiger partial charge is 0.312 e. The van der Waals surface area contributed by atoms with Gasteiger partial charge in [0.15, 0.2) is 0 Å². The van der Waals surface area contributed by atoms with Gasteiger partial charge in [0.05, 0.1) is 17.3 Å². The molecule has 124 valence electrons. The second kappa shape index (κ2) is 7.30. The Balaban J connectivity index is 1.81. The van der Waals surface area contributed by atoms with Crippen molar-refractivity contribution in [1.29, 1.82) is 0 Å². The van der Waals surface area contributed by atoms with Crippen LogP contribution in [0.25, 0.3) is 0 Å². The monoisotopic (exact) mass is 322 g/mol. The molecule has 0 N–H and O–H groups in total. The van der Waals surface area contributed by atoms with Crippen LogP contribution >= 0.6 is 0 Å². The van der Waals surface area contributed by atoms with E-state index in [2.05, 4.69) is 12.1 Å². The zero-order chi connectivity index (χ0) is 16.9. The normalized spacial score (nSPS) is 17.4. The molecule has 0 aliphatic carbocycles. The van der Waals surface area contributed by atoms with Crippen LogP contribution in [0.1, 0.15) is 18.9 Å². The number of hydrogen-bond acceptors (Lipinski definition) is 2. The summed E-state index contributed by atoms with van der Waals surface area (Å²) in [5, 5.41) is 0. The molecule has 2 aromatic carbocycles. The molecule has 4 heteroatoms. The molecule has 3 rings (SSSR count). The summed E-state index contributed by atoms with van der Waals surface area (Å²) in [6.07, 6.45) is 2.63. The van der Waals surface area contributed by atoms with Crippen molar-refractivity contribution in [2.45, 2.75) is 19.8 Å². The molecular formula is C20H22N2O2. The molecule has 1 unspecified atom stereocenters. The highest BCUT2D eigenvalue weighted by Gasteiger charge is 2.30. The van der Waals surface area contributed by atoms with E-state index in [0.717, 1.165) is 30.6 Å². The number of amides is 2. The van der Waals surface area contributed by atoms with E-state index >= 15 is 0 Å². The number of carbonyl (C=O) groups is 2. The zero-order valence-electron chi connectivity index (χ0n) is 13.9. The molecule has 0 aromatic heterocycles. The molecule has 0 saturated carbocycles. The molecule has 1 heterocycles. The van der Waals surface area contributed by atoms with Crippen LogP contribution in [0.5, 0.6) is 0 Å². The SMILES string of the molecule is CC1CN(C=O)c2ccccc2N(CCCc2ccccc2)C1=O. The highest BCUT2D eigenvalue weighted by Crippen LogP contribution is 2.33. The maximum Gasteiger partial charge on any atom is 0.231 e. The van der Waals surface area contributed by atoms with Gasteiger partial charge < -0.3 is 9.80 Å². The summed E-state index contributed by atoms with van der Waals surface area (Å²) in [5.74, 6) is -0.126. The first-order valence-electron chi connectivity index (χ1n) is 8.37. The lowest BCUT2D eigenvalue weighted by Gasteiger charge is -2.24. The third-order valence-corrected chi connectivity index (χ3v) is 4.46. The number of carbonyl (C=O) groups excluding carboxylic acids is 2. The minimum absolute atomic E-state index is 0.0832. The van der Waals surface area contributed by atoms with Gasteiger partial charge in [-0.2, -0.15) is 0 Å². The molecule has 0 saturated heterocycles. The van der Waals surface area contributed by atoms with E-state index in [-0.39, 0.29) is 11.8 Å². The van der Waals surface area contributed by atoms with Gasteiger partial charge in [-0.25, -0.2) is 0 Å². The van der Waals surface area contributed by atoms with E-state index < -0.39 is 0 Å². The third kappa shape index (κ3) is 3.32. The number of benzene rings is 2. The van der Waals surface area contributed by atoms with E-state index in [9.17, 15) is 9.59 Å². The number of nitrogens with zero attached hydrogens (tertiary/aromatic N) is 2. The predicted molar refractivity (Wildman–Crippen MR) is 96.1 cm³/mol. The summed E-state index contributed by atoms with van der Waals surface area (Å²) in [4.78, 5) is 27.7. The Labute approximate surface area is 142 Å². The average Bonchev–Trinajstić information content (AvgIpc) is 2.72. The van der Waals surface area contributed by atoms with Crippen LogP contribution in [0.15, 0.2) is 54.6 Å². The fourth-order valence-corrected chi connectivity index (χ4v) is 3.21. The van der Waals surface area contributed by atoms with Gasteiger partial charge in [-0.1, -0.05) is 49.4 Å². The fourth-order valence-electron chi connectivity index (χ4n) is 3.21. The maximum absolute atomic E-state index is 12.8. The molecule has 2 amide bonds. The number of anilines is 2. The van der Waals surface area contributed by atoms with Crippen molar-refractivity contribution in [3.63, 3.8) is 0 Å². The Morgan fingerprint density at radius 2 is 1.71 bits per heavy atom. The van der Waals surface area contributed by atoms with Crippen molar-refractivity contribution in [3.8, 4) is 0 Å². The number of rotatable bonds is 5. The molecule has 24 heavy (non-hydrogen) atoms. The molecule has 0 fully saturated rings. The lowest BCUT2D eigenvalue weighted by atomic mass is 10.1. The van der Waals surface area contributed by atoms with Crippen molar-refractivity contribution < 1.29 is 9.59 Å². The van der Waals surface area contributed by atoms with Crippen LogP contribution in [0.2, 0.25) is 0 Å². The number of fused-ring (bicyclic) bond motifs is 1. The maximum atomic E-state index is 12.8. The Morgan fingerprint density at radius 3 is 2.42 bits per heavy atom. The van der Waals surface area contributed by atoms with E-state index in [1.807, 2.05) is 54.3 Å². The van der Waals surface area contributed by atoms with E-state index in [1.54, 1.807) is 4.90 Å². The average molecular weight is 322 g/mol. The van der Waals surface area contributed by atoms with Crippen LogP contribution < -0.4 is 9.80 Å². The Kier molecular flexibility index (Phi) is 4.94. The zero-order valence-corrected chi connectivity index (χ0v) is 13.9. The molecule has 1 aliphatic rings. The first-order valence-corrected chi connectivity index (χ1v) is 8.37. The topological polar surface area (TPSA) is 40.6 Å². The Morgan fingerprint density at radius 1 is 1.04 bits per heavy atom. The van der Waals surface area contributed by atoms with Crippen LogP contribution in [0.4, 0.5) is 11.4 Å². The molecule has 1 atom stereocenters. The summed E-state index contributed by atoms with van der Waals surface area (Å²) in [7, 11) is 0. The van der Waals surface area contributed by atoms with Gasteiger partial charge in [-0.15, -0.1) is 0 Å². The van der Waals surface area contributed by atoms with E-state index in [4.69, 9.17) is 0 Å². The number of hydrogen-bond donors (Lipinski definition) is 0. The second-order valence-corrected chi connectivity index (χ2v) is 6.23. The lowest BCUT2D eigenvalue weighted by molar-refractivity contribution is -0.121. The van der Waals surface area contributed by atoms with Gasteiger partial charge in [0.1, 0.15) is 0 Å². The van der Waals surface area contributed by atoms with Gasteiger partial charge in [0.25, 0.3) is 0 Å². The van der Waals surface area contributed by atoms with Crippen molar-refractivity contribution in [2.24, 2.45) is 5.92 Å². The van der Waals surface area contributed by atoms with Crippen molar-refractivity contribution in [3.05, 3.63) is 60.2 Å². The Hall–Kier alpha value is -2.62. The highest BCUT2D eigenvalue weighted by molar-refractivity contribution is 6.02. The molecule has 2 aromatic rings. The molecule has 0 bridgehead atoms. The van der Waals surface area contributed by atoms with Gasteiger partial charge >= 0.3 is 0 Å². The summed E-state index contributed by atoms with van der Waals surface area (Å²) < 4.78 is 0. The van der Waals surface area contributed by atoms with Gasteiger partial charge in [0, 0.05) is 13.1 Å². The lowest BCUT2D eigenvalue weighted by Crippen LogP contribution is -2.37. The molecule has 0 radical (unpaired) electrons. The minimum Gasteiger partial charge on any atom is -0.312 e. The van der Waals surface area contributed by atoms with E-state index in [0.29, 0.717) is 13.1 Å². The number of aryl methyl sites for hydroxylation is 1. The minimum atomic E-state index is -0.209. The first kappa shape index (κ1) is 16.2. The molecular weight excluding hydrogens is 300 g/mol. The summed E-state index contributed by atoms with van der Waals surface area (Å²) >= 11 is 0. The van der Waals surface area contributed by atoms with Crippen LogP contribution in [0.3, 0.4) is 0 Å². The molecule has 4 nitrogen and oxygen atoms in total. The van der Waals surface area contributed by atoms with Crippen molar-refractivity contribution in [2.75, 3.05) is 22.9 Å². The summed E-state index contributed by atoms with van der Waals surface area (Å²) in [6.45, 7) is 2.96. The van der Waals surface area contributed by atoms with Gasteiger partial charge in [-0.05, 0) is 30.5 Å². The molecule has 0 spiro atoms. The fraction of sp³-hybridized carbons (Fsp3) is 0.300. The van der Waals surface area contributed by atoms with E-state index in [1.165, 1.54) is 5.56 Å². The van der Waals surface area contributed by atoms with Crippen molar-refractivity contribution >= 4 is 23.7 Å². The third-order valence-electron chi connectivity index (χ3n) is 4.46. The van der Waals surface area contributed by atoms with Crippen molar-refractivity contribution in [1.82, 2.24) is 0 Å². The smallest absolute Gasteiger partial charge is 0.231 e. The number of para-hydroxylation sites is 2. The second-order valence-electron chi connectivity index (χ2n) is 6.23. The van der Waals surface area contributed by atoms with Crippen LogP contribution in [-0.2, 0) is 16.0 Å². The van der Waals surface area contributed by atoms with Gasteiger partial charge in [0.2, 0.25) is 12.3 Å². The van der Waals surface area contributed by atoms with Crippen LogP contribution in [0, 0.1) is 5.92 Å². The van der Waals surface area contributed by atoms with Crippen LogP contribution in [-0.4, -0.2) is 25.4 Å². The summed E-state index contributed by atoms with van der Waals surface area (Å²) in [5.41, 5.74) is 2.91. The first-order chi connectivity index (χ1) is 11.7. The Bertz CT molecular complexity index is 715.